The van der Waals surface area contributed by atoms with E-state index in [9.17, 15) is 0 Å². The van der Waals surface area contributed by atoms with Gasteiger partial charge in [-0.15, -0.1) is 0 Å². The maximum absolute atomic E-state index is 6.25. The third-order valence-corrected chi connectivity index (χ3v) is 4.18. The first-order chi connectivity index (χ1) is 7.60. The van der Waals surface area contributed by atoms with Crippen molar-refractivity contribution >= 4 is 0 Å². The van der Waals surface area contributed by atoms with E-state index in [1.54, 1.807) is 0 Å². The fourth-order valence-corrected chi connectivity index (χ4v) is 2.64. The Morgan fingerprint density at radius 1 is 1.50 bits per heavy atom. The molecule has 1 aliphatic rings. The summed E-state index contributed by atoms with van der Waals surface area (Å²) in [6.45, 7) is 6.60. The van der Waals surface area contributed by atoms with Crippen LogP contribution in [0.25, 0.3) is 0 Å². The standard InChI is InChI=1S/C13H23N3/c1-4-13(6-5-7-13)16-9-15-8-11(16)12(14)10(2)3/h8-10,12H,4-7,14H2,1-3H3. The molecule has 1 heterocycles. The molecule has 0 spiro atoms. The van der Waals surface area contributed by atoms with Gasteiger partial charge in [0, 0.05) is 17.8 Å². The van der Waals surface area contributed by atoms with Crippen LogP contribution in [0.5, 0.6) is 0 Å². The van der Waals surface area contributed by atoms with Gasteiger partial charge in [0.2, 0.25) is 0 Å². The minimum absolute atomic E-state index is 0.103. The lowest BCUT2D eigenvalue weighted by atomic mass is 9.74. The summed E-state index contributed by atoms with van der Waals surface area (Å²) in [7, 11) is 0. The predicted octanol–water partition coefficient (Wildman–Crippen LogP) is 2.83. The Morgan fingerprint density at radius 2 is 2.19 bits per heavy atom. The highest BCUT2D eigenvalue weighted by Crippen LogP contribution is 2.43. The second kappa shape index (κ2) is 4.21. The molecule has 1 fully saturated rings. The summed E-state index contributed by atoms with van der Waals surface area (Å²) >= 11 is 0. The molecule has 3 heteroatoms. The number of nitrogens with two attached hydrogens (primary N) is 1. The molecular formula is C13H23N3. The van der Waals surface area contributed by atoms with Crippen LogP contribution in [0, 0.1) is 5.92 Å². The molecule has 0 radical (unpaired) electrons. The van der Waals surface area contributed by atoms with Crippen molar-refractivity contribution in [1.82, 2.24) is 9.55 Å². The summed E-state index contributed by atoms with van der Waals surface area (Å²) in [4.78, 5) is 4.30. The summed E-state index contributed by atoms with van der Waals surface area (Å²) in [5, 5.41) is 0. The van der Waals surface area contributed by atoms with E-state index in [0.717, 1.165) is 0 Å². The average molecular weight is 221 g/mol. The number of hydrogen-bond donors (Lipinski definition) is 1. The highest BCUT2D eigenvalue weighted by molar-refractivity contribution is 5.11. The minimum atomic E-state index is 0.103. The van der Waals surface area contributed by atoms with Gasteiger partial charge in [-0.3, -0.25) is 0 Å². The maximum Gasteiger partial charge on any atom is 0.0953 e. The minimum Gasteiger partial charge on any atom is -0.327 e. The second-order valence-electron chi connectivity index (χ2n) is 5.39. The SMILES string of the molecule is CCC1(n2cncc2C(N)C(C)C)CCC1. The first-order valence-corrected chi connectivity index (χ1v) is 6.39. The van der Waals surface area contributed by atoms with Gasteiger partial charge >= 0.3 is 0 Å². The van der Waals surface area contributed by atoms with Gasteiger partial charge in [0.05, 0.1) is 12.0 Å². The van der Waals surface area contributed by atoms with Crippen molar-refractivity contribution < 1.29 is 0 Å². The van der Waals surface area contributed by atoms with Gasteiger partial charge in [-0.05, 0) is 31.6 Å². The molecule has 0 bridgehead atoms. The van der Waals surface area contributed by atoms with Crippen LogP contribution in [0.4, 0.5) is 0 Å². The van der Waals surface area contributed by atoms with Gasteiger partial charge in [0.15, 0.2) is 0 Å². The molecule has 16 heavy (non-hydrogen) atoms. The van der Waals surface area contributed by atoms with Crippen LogP contribution in [0.2, 0.25) is 0 Å². The molecule has 2 N–H and O–H groups in total. The Balaban J connectivity index is 2.31. The molecule has 2 rings (SSSR count). The number of rotatable bonds is 4. The lowest BCUT2D eigenvalue weighted by Crippen LogP contribution is -2.41. The summed E-state index contributed by atoms with van der Waals surface area (Å²) in [5.74, 6) is 0.462. The highest BCUT2D eigenvalue weighted by atomic mass is 15.1. The molecule has 1 aromatic heterocycles. The summed E-state index contributed by atoms with van der Waals surface area (Å²) in [6, 6.07) is 0.103. The van der Waals surface area contributed by atoms with E-state index in [4.69, 9.17) is 5.73 Å². The first-order valence-electron chi connectivity index (χ1n) is 6.39. The van der Waals surface area contributed by atoms with Crippen molar-refractivity contribution in [2.24, 2.45) is 11.7 Å². The Kier molecular flexibility index (Phi) is 3.06. The molecule has 0 amide bonds. The molecule has 1 atom stereocenters. The van der Waals surface area contributed by atoms with Crippen LogP contribution in [0.15, 0.2) is 12.5 Å². The summed E-state index contributed by atoms with van der Waals surface area (Å²) < 4.78 is 2.35. The molecule has 0 saturated heterocycles. The van der Waals surface area contributed by atoms with Crippen LogP contribution in [-0.4, -0.2) is 9.55 Å². The number of aromatic nitrogens is 2. The van der Waals surface area contributed by atoms with Crippen molar-refractivity contribution in [3.63, 3.8) is 0 Å². The third-order valence-electron chi connectivity index (χ3n) is 4.18. The van der Waals surface area contributed by atoms with Crippen molar-refractivity contribution in [2.45, 2.75) is 58.0 Å². The maximum atomic E-state index is 6.25. The van der Waals surface area contributed by atoms with Gasteiger partial charge in [-0.25, -0.2) is 4.98 Å². The van der Waals surface area contributed by atoms with Crippen molar-refractivity contribution in [2.75, 3.05) is 0 Å². The molecule has 1 aromatic rings. The highest BCUT2D eigenvalue weighted by Gasteiger charge is 2.38. The zero-order valence-electron chi connectivity index (χ0n) is 10.6. The fourth-order valence-electron chi connectivity index (χ4n) is 2.64. The van der Waals surface area contributed by atoms with Crippen LogP contribution < -0.4 is 5.73 Å². The van der Waals surface area contributed by atoms with Gasteiger partial charge in [-0.1, -0.05) is 20.8 Å². The van der Waals surface area contributed by atoms with Crippen molar-refractivity contribution in [3.05, 3.63) is 18.2 Å². The Labute approximate surface area is 98.1 Å². The van der Waals surface area contributed by atoms with Crippen LogP contribution in [0.1, 0.15) is 58.2 Å². The second-order valence-corrected chi connectivity index (χ2v) is 5.39. The van der Waals surface area contributed by atoms with Gasteiger partial charge in [0.25, 0.3) is 0 Å². The van der Waals surface area contributed by atoms with E-state index in [-0.39, 0.29) is 6.04 Å². The molecule has 3 nitrogen and oxygen atoms in total. The normalized spacial score (nSPS) is 20.8. The monoisotopic (exact) mass is 221 g/mol. The van der Waals surface area contributed by atoms with Crippen LogP contribution in [-0.2, 0) is 5.54 Å². The average Bonchev–Trinajstić information content (AvgIpc) is 2.65. The van der Waals surface area contributed by atoms with E-state index in [1.807, 2.05) is 12.5 Å². The predicted molar refractivity (Wildman–Crippen MR) is 66.1 cm³/mol. The van der Waals surface area contributed by atoms with Gasteiger partial charge in [0.1, 0.15) is 0 Å². The molecule has 0 aliphatic heterocycles. The molecule has 1 unspecified atom stereocenters. The van der Waals surface area contributed by atoms with E-state index in [0.29, 0.717) is 11.5 Å². The third kappa shape index (κ3) is 1.67. The van der Waals surface area contributed by atoms with Gasteiger partial charge < -0.3 is 10.3 Å². The number of nitrogens with zero attached hydrogens (tertiary/aromatic N) is 2. The van der Waals surface area contributed by atoms with Crippen molar-refractivity contribution in [3.8, 4) is 0 Å². The van der Waals surface area contributed by atoms with E-state index in [1.165, 1.54) is 31.4 Å². The quantitative estimate of drug-likeness (QED) is 0.849. The Bertz CT molecular complexity index is 344. The lowest BCUT2D eigenvalue weighted by Gasteiger charge is -2.44. The van der Waals surface area contributed by atoms with E-state index >= 15 is 0 Å². The fraction of sp³-hybridized carbons (Fsp3) is 0.769. The van der Waals surface area contributed by atoms with Gasteiger partial charge in [-0.2, -0.15) is 0 Å². The molecule has 90 valence electrons. The Hall–Kier alpha value is -0.830. The van der Waals surface area contributed by atoms with Crippen molar-refractivity contribution in [1.29, 1.82) is 0 Å². The zero-order chi connectivity index (χ0) is 11.8. The topological polar surface area (TPSA) is 43.8 Å². The van der Waals surface area contributed by atoms with E-state index < -0.39 is 0 Å². The zero-order valence-corrected chi connectivity index (χ0v) is 10.6. The lowest BCUT2D eigenvalue weighted by molar-refractivity contribution is 0.129. The molecule has 1 saturated carbocycles. The molecular weight excluding hydrogens is 198 g/mol. The molecule has 0 aromatic carbocycles. The smallest absolute Gasteiger partial charge is 0.0953 e. The number of hydrogen-bond acceptors (Lipinski definition) is 2. The van der Waals surface area contributed by atoms with E-state index in [2.05, 4.69) is 30.3 Å². The number of imidazole rings is 1. The first kappa shape index (κ1) is 11.6. The molecule has 1 aliphatic carbocycles. The Morgan fingerprint density at radius 3 is 2.62 bits per heavy atom. The largest absolute Gasteiger partial charge is 0.327 e. The van der Waals surface area contributed by atoms with Crippen LogP contribution >= 0.6 is 0 Å². The summed E-state index contributed by atoms with van der Waals surface area (Å²) in [5.41, 5.74) is 7.78. The van der Waals surface area contributed by atoms with Crippen LogP contribution in [0.3, 0.4) is 0 Å². The summed E-state index contributed by atoms with van der Waals surface area (Å²) in [6.07, 6.45) is 8.99.